The largest absolute Gasteiger partial charge is 0.496 e. The Morgan fingerprint density at radius 3 is 2.33 bits per heavy atom. The van der Waals surface area contributed by atoms with Crippen molar-refractivity contribution in [2.75, 3.05) is 7.11 Å². The van der Waals surface area contributed by atoms with Crippen molar-refractivity contribution < 1.29 is 4.74 Å². The number of fused-ring (bicyclic) bond motifs is 1. The van der Waals surface area contributed by atoms with Gasteiger partial charge in [0, 0.05) is 5.39 Å². The number of rotatable bonds is 2. The van der Waals surface area contributed by atoms with E-state index in [0.717, 1.165) is 11.1 Å². The average molecular weight is 234 g/mol. The smallest absolute Gasteiger partial charge is 0.126 e. The molecule has 0 saturated heterocycles. The first-order valence-corrected chi connectivity index (χ1v) is 6.01. The van der Waals surface area contributed by atoms with Crippen LogP contribution in [0.3, 0.4) is 0 Å². The molecule has 0 fully saturated rings. The van der Waals surface area contributed by atoms with Crippen molar-refractivity contribution in [2.45, 2.75) is 0 Å². The van der Waals surface area contributed by atoms with E-state index in [1.54, 1.807) is 7.11 Å². The molecule has 0 bridgehead atoms. The van der Waals surface area contributed by atoms with Gasteiger partial charge in [0.25, 0.3) is 0 Å². The number of hydrogen-bond acceptors (Lipinski definition) is 1. The predicted molar refractivity (Wildman–Crippen MR) is 75.9 cm³/mol. The van der Waals surface area contributed by atoms with Gasteiger partial charge in [0.15, 0.2) is 0 Å². The zero-order chi connectivity index (χ0) is 12.4. The second-order valence-electron chi connectivity index (χ2n) is 4.26. The number of benzene rings is 3. The normalized spacial score (nSPS) is 10.5. The number of hydrogen-bond donors (Lipinski definition) is 0. The van der Waals surface area contributed by atoms with Gasteiger partial charge in [-0.3, -0.25) is 0 Å². The summed E-state index contributed by atoms with van der Waals surface area (Å²) < 4.78 is 5.42. The minimum atomic E-state index is 0.922. The molecule has 0 aliphatic rings. The SMILES string of the molecule is COc1cccc2ccc(-c3ccccc3)cc12. The molecule has 3 aromatic rings. The van der Waals surface area contributed by atoms with Crippen LogP contribution in [0, 0.1) is 0 Å². The standard InChI is InChI=1S/C17H14O/c1-18-17-9-5-8-14-10-11-15(12-16(14)17)13-6-3-2-4-7-13/h2-12H,1H3. The van der Waals surface area contributed by atoms with Crippen molar-refractivity contribution in [3.63, 3.8) is 0 Å². The average Bonchev–Trinajstić information content (AvgIpc) is 2.47. The maximum atomic E-state index is 5.42. The van der Waals surface area contributed by atoms with Gasteiger partial charge in [0.1, 0.15) is 5.75 Å². The van der Waals surface area contributed by atoms with Gasteiger partial charge >= 0.3 is 0 Å². The molecule has 0 spiro atoms. The highest BCUT2D eigenvalue weighted by Gasteiger charge is 2.03. The fraction of sp³-hybridized carbons (Fsp3) is 0.0588. The third-order valence-electron chi connectivity index (χ3n) is 3.17. The van der Waals surface area contributed by atoms with Gasteiger partial charge in [0.2, 0.25) is 0 Å². The Labute approximate surface area is 107 Å². The van der Waals surface area contributed by atoms with Gasteiger partial charge in [0.05, 0.1) is 7.11 Å². The molecule has 0 radical (unpaired) electrons. The Morgan fingerprint density at radius 1 is 0.722 bits per heavy atom. The molecule has 3 rings (SSSR count). The second-order valence-corrected chi connectivity index (χ2v) is 4.26. The van der Waals surface area contributed by atoms with Gasteiger partial charge in [-0.25, -0.2) is 0 Å². The third kappa shape index (κ3) is 1.84. The first-order chi connectivity index (χ1) is 8.88. The summed E-state index contributed by atoms with van der Waals surface area (Å²) in [6.45, 7) is 0. The first-order valence-electron chi connectivity index (χ1n) is 6.01. The van der Waals surface area contributed by atoms with Crippen LogP contribution in [0.1, 0.15) is 0 Å². The Hall–Kier alpha value is -2.28. The number of methoxy groups -OCH3 is 1. The summed E-state index contributed by atoms with van der Waals surface area (Å²) in [6.07, 6.45) is 0. The van der Waals surface area contributed by atoms with E-state index in [0.29, 0.717) is 0 Å². The first kappa shape index (κ1) is 10.8. The van der Waals surface area contributed by atoms with Crippen LogP contribution in [0.2, 0.25) is 0 Å². The summed E-state index contributed by atoms with van der Waals surface area (Å²) in [5.41, 5.74) is 2.44. The van der Waals surface area contributed by atoms with Crippen molar-refractivity contribution in [3.05, 3.63) is 66.7 Å². The summed E-state index contributed by atoms with van der Waals surface area (Å²) in [7, 11) is 1.71. The van der Waals surface area contributed by atoms with Gasteiger partial charge in [-0.15, -0.1) is 0 Å². The molecule has 0 heterocycles. The van der Waals surface area contributed by atoms with Crippen molar-refractivity contribution in [3.8, 4) is 16.9 Å². The molecule has 0 N–H and O–H groups in total. The van der Waals surface area contributed by atoms with E-state index in [-0.39, 0.29) is 0 Å². The molecule has 0 aliphatic carbocycles. The molecule has 1 nitrogen and oxygen atoms in total. The Bertz CT molecular complexity index is 672. The second kappa shape index (κ2) is 4.53. The Morgan fingerprint density at radius 2 is 1.56 bits per heavy atom. The summed E-state index contributed by atoms with van der Waals surface area (Å²) >= 11 is 0. The number of ether oxygens (including phenoxy) is 1. The van der Waals surface area contributed by atoms with Crippen molar-refractivity contribution in [2.24, 2.45) is 0 Å². The minimum absolute atomic E-state index is 0.922. The van der Waals surface area contributed by atoms with Crippen LogP contribution in [0.5, 0.6) is 5.75 Å². The summed E-state index contributed by atoms with van der Waals surface area (Å²) in [4.78, 5) is 0. The highest BCUT2D eigenvalue weighted by Crippen LogP contribution is 2.30. The molecule has 1 heteroatoms. The van der Waals surface area contributed by atoms with Crippen molar-refractivity contribution in [1.29, 1.82) is 0 Å². The van der Waals surface area contributed by atoms with E-state index in [9.17, 15) is 0 Å². The molecule has 0 unspecified atom stereocenters. The van der Waals surface area contributed by atoms with E-state index >= 15 is 0 Å². The zero-order valence-electron chi connectivity index (χ0n) is 10.3. The lowest BCUT2D eigenvalue weighted by Gasteiger charge is -2.08. The van der Waals surface area contributed by atoms with Crippen LogP contribution in [0.4, 0.5) is 0 Å². The molecule has 18 heavy (non-hydrogen) atoms. The van der Waals surface area contributed by atoms with E-state index < -0.39 is 0 Å². The summed E-state index contributed by atoms with van der Waals surface area (Å²) in [5, 5.41) is 2.36. The van der Waals surface area contributed by atoms with Gasteiger partial charge < -0.3 is 4.74 Å². The maximum Gasteiger partial charge on any atom is 0.126 e. The van der Waals surface area contributed by atoms with Gasteiger partial charge in [-0.05, 0) is 28.6 Å². The lowest BCUT2D eigenvalue weighted by Crippen LogP contribution is -1.85. The molecule has 3 aromatic carbocycles. The lowest BCUT2D eigenvalue weighted by atomic mass is 10.0. The molecule has 88 valence electrons. The van der Waals surface area contributed by atoms with Crippen LogP contribution in [0.25, 0.3) is 21.9 Å². The van der Waals surface area contributed by atoms with Crippen LogP contribution in [0.15, 0.2) is 66.7 Å². The van der Waals surface area contributed by atoms with Gasteiger partial charge in [-0.2, -0.15) is 0 Å². The molecule has 0 saturated carbocycles. The summed E-state index contributed by atoms with van der Waals surface area (Å²) in [6, 6.07) is 23.0. The Balaban J connectivity index is 2.22. The highest BCUT2D eigenvalue weighted by molar-refractivity contribution is 5.92. The molecule has 0 aliphatic heterocycles. The maximum absolute atomic E-state index is 5.42. The van der Waals surface area contributed by atoms with Crippen LogP contribution in [-0.4, -0.2) is 7.11 Å². The fourth-order valence-corrected chi connectivity index (χ4v) is 2.23. The van der Waals surface area contributed by atoms with E-state index in [1.807, 2.05) is 18.2 Å². The Kier molecular flexibility index (Phi) is 2.73. The topological polar surface area (TPSA) is 9.23 Å². The third-order valence-corrected chi connectivity index (χ3v) is 3.17. The van der Waals surface area contributed by atoms with E-state index in [1.165, 1.54) is 16.5 Å². The molecular weight excluding hydrogens is 220 g/mol. The van der Waals surface area contributed by atoms with E-state index in [4.69, 9.17) is 4.74 Å². The molecular formula is C17H14O. The highest BCUT2D eigenvalue weighted by atomic mass is 16.5. The minimum Gasteiger partial charge on any atom is -0.496 e. The van der Waals surface area contributed by atoms with Crippen LogP contribution >= 0.6 is 0 Å². The lowest BCUT2D eigenvalue weighted by molar-refractivity contribution is 0.420. The van der Waals surface area contributed by atoms with Crippen molar-refractivity contribution in [1.82, 2.24) is 0 Å². The molecule has 0 aromatic heterocycles. The predicted octanol–water partition coefficient (Wildman–Crippen LogP) is 4.52. The van der Waals surface area contributed by atoms with Gasteiger partial charge in [-0.1, -0.05) is 54.6 Å². The quantitative estimate of drug-likeness (QED) is 0.633. The summed E-state index contributed by atoms with van der Waals surface area (Å²) in [5.74, 6) is 0.922. The van der Waals surface area contributed by atoms with E-state index in [2.05, 4.69) is 48.5 Å². The molecule has 0 amide bonds. The monoisotopic (exact) mass is 234 g/mol. The van der Waals surface area contributed by atoms with Crippen LogP contribution < -0.4 is 4.74 Å². The molecule has 0 atom stereocenters. The zero-order valence-corrected chi connectivity index (χ0v) is 10.3. The van der Waals surface area contributed by atoms with Crippen molar-refractivity contribution >= 4 is 10.8 Å². The fourth-order valence-electron chi connectivity index (χ4n) is 2.23. The van der Waals surface area contributed by atoms with Crippen LogP contribution in [-0.2, 0) is 0 Å².